The fourth-order valence-corrected chi connectivity index (χ4v) is 5.24. The van der Waals surface area contributed by atoms with Crippen LogP contribution in [0.1, 0.15) is 18.1 Å². The van der Waals surface area contributed by atoms with E-state index in [1.807, 2.05) is 31.2 Å². The van der Waals surface area contributed by atoms with Gasteiger partial charge in [0.05, 0.1) is 19.9 Å². The summed E-state index contributed by atoms with van der Waals surface area (Å²) in [6.45, 7) is 3.71. The number of fused-ring (bicyclic) bond motifs is 1. The molecule has 0 fully saturated rings. The first kappa shape index (κ1) is 16.6. The lowest BCUT2D eigenvalue weighted by atomic mass is 10.1. The van der Waals surface area contributed by atoms with Gasteiger partial charge in [0.1, 0.15) is 16.4 Å². The highest BCUT2D eigenvalue weighted by Crippen LogP contribution is 2.41. The molecule has 2 aromatic carbocycles. The van der Waals surface area contributed by atoms with Crippen molar-refractivity contribution >= 4 is 15.7 Å². The molecule has 5 nitrogen and oxygen atoms in total. The van der Waals surface area contributed by atoms with Crippen molar-refractivity contribution < 1.29 is 17.9 Å². The molecule has 1 aliphatic heterocycles. The normalized spacial score (nSPS) is 16.8. The minimum Gasteiger partial charge on any atom is -0.496 e. The molecule has 0 amide bonds. The fourth-order valence-electron chi connectivity index (χ4n) is 3.34. The molecule has 0 aliphatic carbocycles. The van der Waals surface area contributed by atoms with Gasteiger partial charge in [0.2, 0.25) is 0 Å². The van der Waals surface area contributed by atoms with E-state index in [0.717, 1.165) is 11.3 Å². The summed E-state index contributed by atoms with van der Waals surface area (Å²) in [7, 11) is -0.714. The van der Waals surface area contributed by atoms with Crippen molar-refractivity contribution in [3.8, 4) is 11.5 Å². The third-order valence-electron chi connectivity index (χ3n) is 4.43. The molecule has 1 heterocycles. The van der Waals surface area contributed by atoms with E-state index in [1.165, 1.54) is 11.4 Å². The van der Waals surface area contributed by atoms with Crippen LogP contribution in [0.25, 0.3) is 0 Å². The second-order valence-electron chi connectivity index (χ2n) is 5.91. The Morgan fingerprint density at radius 2 is 1.79 bits per heavy atom. The average molecular weight is 347 g/mol. The fraction of sp³-hybridized carbons (Fsp3) is 0.333. The van der Waals surface area contributed by atoms with Crippen molar-refractivity contribution in [3.63, 3.8) is 0 Å². The van der Waals surface area contributed by atoms with Gasteiger partial charge in [-0.2, -0.15) is 0 Å². The van der Waals surface area contributed by atoms with E-state index in [4.69, 9.17) is 9.47 Å². The third kappa shape index (κ3) is 2.41. The maximum Gasteiger partial charge on any atom is 0.268 e. The predicted molar refractivity (Wildman–Crippen MR) is 93.6 cm³/mol. The molecule has 0 N–H and O–H groups in total. The summed E-state index contributed by atoms with van der Waals surface area (Å²) in [5, 5.41) is 0. The second kappa shape index (κ2) is 6.02. The van der Waals surface area contributed by atoms with E-state index in [0.29, 0.717) is 23.5 Å². The van der Waals surface area contributed by atoms with Gasteiger partial charge in [-0.1, -0.05) is 18.2 Å². The standard InChI is InChI=1S/C18H21NO4S/c1-12-11-14-7-5-6-8-15(14)19(12)24(20,21)17-10-9-16(22-3)13(2)18(17)23-4/h5-10,12H,11H2,1-4H3. The largest absolute Gasteiger partial charge is 0.496 e. The van der Waals surface area contributed by atoms with Crippen molar-refractivity contribution in [3.05, 3.63) is 47.5 Å². The number of nitrogens with zero attached hydrogens (tertiary/aromatic N) is 1. The summed E-state index contributed by atoms with van der Waals surface area (Å²) >= 11 is 0. The lowest BCUT2D eigenvalue weighted by Gasteiger charge is -2.26. The smallest absolute Gasteiger partial charge is 0.268 e. The van der Waals surface area contributed by atoms with Crippen molar-refractivity contribution in [2.45, 2.75) is 31.2 Å². The first-order valence-corrected chi connectivity index (χ1v) is 9.19. The number of anilines is 1. The van der Waals surface area contributed by atoms with E-state index >= 15 is 0 Å². The van der Waals surface area contributed by atoms with Gasteiger partial charge >= 0.3 is 0 Å². The summed E-state index contributed by atoms with van der Waals surface area (Å²) in [4.78, 5) is 0.159. The summed E-state index contributed by atoms with van der Waals surface area (Å²) in [6, 6.07) is 10.7. The number of hydrogen-bond acceptors (Lipinski definition) is 4. The van der Waals surface area contributed by atoms with E-state index in [2.05, 4.69) is 0 Å². The van der Waals surface area contributed by atoms with E-state index in [1.54, 1.807) is 26.2 Å². The van der Waals surface area contributed by atoms with Gasteiger partial charge in [0, 0.05) is 11.6 Å². The number of para-hydroxylation sites is 1. The van der Waals surface area contributed by atoms with Gasteiger partial charge in [0.25, 0.3) is 10.0 Å². The lowest BCUT2D eigenvalue weighted by molar-refractivity contribution is 0.380. The molecule has 128 valence electrons. The van der Waals surface area contributed by atoms with Crippen molar-refractivity contribution in [2.24, 2.45) is 0 Å². The predicted octanol–water partition coefficient (Wildman–Crippen LogP) is 3.15. The highest BCUT2D eigenvalue weighted by molar-refractivity contribution is 7.93. The number of rotatable bonds is 4. The van der Waals surface area contributed by atoms with Crippen LogP contribution < -0.4 is 13.8 Å². The van der Waals surface area contributed by atoms with Gasteiger partial charge in [-0.3, -0.25) is 4.31 Å². The Balaban J connectivity index is 2.18. The molecule has 0 radical (unpaired) electrons. The van der Waals surface area contributed by atoms with Crippen LogP contribution in [-0.4, -0.2) is 28.7 Å². The topological polar surface area (TPSA) is 55.8 Å². The number of sulfonamides is 1. The number of methoxy groups -OCH3 is 2. The van der Waals surface area contributed by atoms with Crippen LogP contribution in [0.15, 0.2) is 41.3 Å². The Bertz CT molecular complexity index is 877. The first-order chi connectivity index (χ1) is 11.4. The van der Waals surface area contributed by atoms with E-state index in [9.17, 15) is 8.42 Å². The molecule has 1 atom stereocenters. The quantitative estimate of drug-likeness (QED) is 0.852. The molecule has 6 heteroatoms. The van der Waals surface area contributed by atoms with E-state index in [-0.39, 0.29) is 10.9 Å². The van der Waals surface area contributed by atoms with Gasteiger partial charge < -0.3 is 9.47 Å². The van der Waals surface area contributed by atoms with Crippen LogP contribution in [0.5, 0.6) is 11.5 Å². The minimum absolute atomic E-state index is 0.139. The van der Waals surface area contributed by atoms with Gasteiger partial charge in [-0.05, 0) is 44.0 Å². The maximum atomic E-state index is 13.3. The van der Waals surface area contributed by atoms with Crippen LogP contribution in [0.2, 0.25) is 0 Å². The molecule has 0 saturated carbocycles. The Morgan fingerprint density at radius 1 is 1.08 bits per heavy atom. The summed E-state index contributed by atoms with van der Waals surface area (Å²) < 4.78 is 38.9. The summed E-state index contributed by atoms with van der Waals surface area (Å²) in [6.07, 6.45) is 0.701. The number of benzene rings is 2. The maximum absolute atomic E-state index is 13.3. The second-order valence-corrected chi connectivity index (χ2v) is 7.69. The summed E-state index contributed by atoms with van der Waals surface area (Å²) in [5.74, 6) is 0.923. The molecule has 0 bridgehead atoms. The Kier molecular flexibility index (Phi) is 4.17. The van der Waals surface area contributed by atoms with Crippen LogP contribution in [0.4, 0.5) is 5.69 Å². The lowest BCUT2D eigenvalue weighted by Crippen LogP contribution is -2.36. The van der Waals surface area contributed by atoms with Crippen LogP contribution in [0.3, 0.4) is 0 Å². The number of ether oxygens (including phenoxy) is 2. The van der Waals surface area contributed by atoms with Crippen LogP contribution >= 0.6 is 0 Å². The molecule has 24 heavy (non-hydrogen) atoms. The Hall–Kier alpha value is -2.21. The molecule has 1 aliphatic rings. The molecule has 0 aromatic heterocycles. The van der Waals surface area contributed by atoms with Crippen LogP contribution in [-0.2, 0) is 16.4 Å². The average Bonchev–Trinajstić information content (AvgIpc) is 2.90. The van der Waals surface area contributed by atoms with Crippen molar-refractivity contribution in [1.29, 1.82) is 0 Å². The minimum atomic E-state index is -3.74. The van der Waals surface area contributed by atoms with Crippen molar-refractivity contribution in [1.82, 2.24) is 0 Å². The zero-order chi connectivity index (χ0) is 17.5. The molecular formula is C18H21NO4S. The zero-order valence-electron chi connectivity index (χ0n) is 14.2. The zero-order valence-corrected chi connectivity index (χ0v) is 15.1. The molecule has 3 rings (SSSR count). The molecule has 2 aromatic rings. The molecule has 1 unspecified atom stereocenters. The molecule has 0 saturated heterocycles. The van der Waals surface area contributed by atoms with Gasteiger partial charge in [-0.25, -0.2) is 8.42 Å². The highest BCUT2D eigenvalue weighted by atomic mass is 32.2. The highest BCUT2D eigenvalue weighted by Gasteiger charge is 2.37. The summed E-state index contributed by atoms with van der Waals surface area (Å²) in [5.41, 5.74) is 2.44. The van der Waals surface area contributed by atoms with E-state index < -0.39 is 10.0 Å². The van der Waals surface area contributed by atoms with Crippen LogP contribution in [0, 0.1) is 6.92 Å². The SMILES string of the molecule is COc1ccc(S(=O)(=O)N2c3ccccc3CC2C)c(OC)c1C. The monoisotopic (exact) mass is 347 g/mol. The van der Waals surface area contributed by atoms with Gasteiger partial charge in [-0.15, -0.1) is 0 Å². The van der Waals surface area contributed by atoms with Gasteiger partial charge in [0.15, 0.2) is 0 Å². The van der Waals surface area contributed by atoms with Crippen molar-refractivity contribution in [2.75, 3.05) is 18.5 Å². The third-order valence-corrected chi connectivity index (χ3v) is 6.38. The Morgan fingerprint density at radius 3 is 2.46 bits per heavy atom. The first-order valence-electron chi connectivity index (χ1n) is 7.75. The number of hydrogen-bond donors (Lipinski definition) is 0. The molecular weight excluding hydrogens is 326 g/mol. The molecule has 0 spiro atoms. The Labute approximate surface area is 142 Å².